The molecule has 2 N–H and O–H groups in total. The molecule has 0 atom stereocenters. The third kappa shape index (κ3) is 4.02. The number of nitrogens with one attached hydrogen (secondary N) is 2. The average molecular weight is 447 g/mol. The lowest BCUT2D eigenvalue weighted by molar-refractivity contribution is 0.0975. The largest absolute Gasteiger partial charge is 0.496 e. The van der Waals surface area contributed by atoms with Crippen LogP contribution in [-0.4, -0.2) is 23.1 Å². The Bertz CT molecular complexity index is 1020. The summed E-state index contributed by atoms with van der Waals surface area (Å²) in [7, 11) is 1.46. The molecule has 0 unspecified atom stereocenters. The van der Waals surface area contributed by atoms with Gasteiger partial charge in [0.25, 0.3) is 5.91 Å². The van der Waals surface area contributed by atoms with Crippen molar-refractivity contribution in [3.63, 3.8) is 0 Å². The number of carbonyl (C=O) groups is 1. The molecule has 1 aromatic heterocycles. The van der Waals surface area contributed by atoms with E-state index in [1.165, 1.54) is 24.5 Å². The van der Waals surface area contributed by atoms with E-state index >= 15 is 0 Å². The normalized spacial score (nSPS) is 10.6. The number of thiocarbonyl (C=S) groups is 1. The molecule has 5 nitrogen and oxygen atoms in total. The maximum Gasteiger partial charge on any atom is 0.261 e. The zero-order valence-corrected chi connectivity index (χ0v) is 17.0. The summed E-state index contributed by atoms with van der Waals surface area (Å²) in [4.78, 5) is 16.8. The molecule has 3 rings (SSSR count). The first kappa shape index (κ1) is 19.1. The van der Waals surface area contributed by atoms with E-state index in [9.17, 15) is 4.79 Å². The van der Waals surface area contributed by atoms with Crippen LogP contribution in [0, 0.1) is 0 Å². The number of fused-ring (bicyclic) bond motifs is 1. The summed E-state index contributed by atoms with van der Waals surface area (Å²) < 4.78 is 6.01. The van der Waals surface area contributed by atoms with Gasteiger partial charge in [0.05, 0.1) is 27.4 Å². The van der Waals surface area contributed by atoms with Crippen molar-refractivity contribution in [2.45, 2.75) is 0 Å². The summed E-state index contributed by atoms with van der Waals surface area (Å²) in [5.74, 6) is -0.0693. The number of carbonyl (C=O) groups excluding carboxylic acids is 1. The van der Waals surface area contributed by atoms with Crippen molar-refractivity contribution in [3.05, 3.63) is 51.0 Å². The summed E-state index contributed by atoms with van der Waals surface area (Å²) in [6.07, 6.45) is 0. The number of thiazole rings is 1. The molecular weight excluding hydrogens is 437 g/mol. The third-order valence-electron chi connectivity index (χ3n) is 3.31. The van der Waals surface area contributed by atoms with E-state index in [4.69, 9.17) is 51.8 Å². The van der Waals surface area contributed by atoms with Gasteiger partial charge >= 0.3 is 0 Å². The van der Waals surface area contributed by atoms with E-state index in [1.54, 1.807) is 18.2 Å². The van der Waals surface area contributed by atoms with Crippen LogP contribution < -0.4 is 15.4 Å². The van der Waals surface area contributed by atoms with Crippen LogP contribution >= 0.6 is 58.4 Å². The maximum atomic E-state index is 12.4. The van der Waals surface area contributed by atoms with Gasteiger partial charge in [-0.1, -0.05) is 46.1 Å². The van der Waals surface area contributed by atoms with Crippen LogP contribution in [0.4, 0.5) is 5.13 Å². The quantitative estimate of drug-likeness (QED) is 0.528. The summed E-state index contributed by atoms with van der Waals surface area (Å²) in [6, 6.07) is 8.24. The summed E-state index contributed by atoms with van der Waals surface area (Å²) >= 11 is 24.6. The van der Waals surface area contributed by atoms with Crippen molar-refractivity contribution in [3.8, 4) is 5.75 Å². The minimum Gasteiger partial charge on any atom is -0.496 e. The van der Waals surface area contributed by atoms with Crippen LogP contribution in [0.2, 0.25) is 15.1 Å². The lowest BCUT2D eigenvalue weighted by Crippen LogP contribution is -2.34. The van der Waals surface area contributed by atoms with E-state index in [1.807, 2.05) is 6.07 Å². The number of rotatable bonds is 3. The van der Waals surface area contributed by atoms with Crippen LogP contribution in [0.15, 0.2) is 30.3 Å². The van der Waals surface area contributed by atoms with E-state index in [-0.39, 0.29) is 10.7 Å². The van der Waals surface area contributed by atoms with E-state index in [0.29, 0.717) is 31.5 Å². The van der Waals surface area contributed by atoms with Crippen molar-refractivity contribution in [1.29, 1.82) is 0 Å². The predicted octanol–water partition coefficient (Wildman–Crippen LogP) is 5.39. The fraction of sp³-hybridized carbons (Fsp3) is 0.0625. The zero-order chi connectivity index (χ0) is 18.8. The Morgan fingerprint density at radius 3 is 2.73 bits per heavy atom. The fourth-order valence-electron chi connectivity index (χ4n) is 2.15. The van der Waals surface area contributed by atoms with Crippen LogP contribution in [0.3, 0.4) is 0 Å². The number of anilines is 1. The number of amides is 1. The van der Waals surface area contributed by atoms with Crippen molar-refractivity contribution in [2.24, 2.45) is 0 Å². The Morgan fingerprint density at radius 2 is 2.00 bits per heavy atom. The Morgan fingerprint density at radius 1 is 1.23 bits per heavy atom. The zero-order valence-electron chi connectivity index (χ0n) is 13.1. The summed E-state index contributed by atoms with van der Waals surface area (Å²) in [5.41, 5.74) is 0.834. The number of hydrogen-bond donors (Lipinski definition) is 2. The Kier molecular flexibility index (Phi) is 5.84. The first-order chi connectivity index (χ1) is 12.4. The first-order valence-corrected chi connectivity index (χ1v) is 9.45. The fourth-order valence-corrected chi connectivity index (χ4v) is 3.87. The average Bonchev–Trinajstić information content (AvgIpc) is 3.01. The van der Waals surface area contributed by atoms with Gasteiger partial charge in [-0.3, -0.25) is 10.1 Å². The molecule has 1 amide bonds. The molecule has 134 valence electrons. The van der Waals surface area contributed by atoms with Gasteiger partial charge < -0.3 is 10.1 Å². The van der Waals surface area contributed by atoms with Gasteiger partial charge in [0.1, 0.15) is 11.3 Å². The van der Waals surface area contributed by atoms with Crippen LogP contribution in [-0.2, 0) is 0 Å². The van der Waals surface area contributed by atoms with Gasteiger partial charge in [0.2, 0.25) is 0 Å². The van der Waals surface area contributed by atoms with Gasteiger partial charge in [0, 0.05) is 5.02 Å². The molecular formula is C16H10Cl3N3O2S2. The number of halogens is 3. The third-order valence-corrected chi connectivity index (χ3v) is 5.48. The molecule has 2 aromatic carbocycles. The van der Waals surface area contributed by atoms with Crippen LogP contribution in [0.5, 0.6) is 5.75 Å². The lowest BCUT2D eigenvalue weighted by Gasteiger charge is -2.10. The molecule has 10 heteroatoms. The molecule has 26 heavy (non-hydrogen) atoms. The molecule has 0 radical (unpaired) electrons. The lowest BCUT2D eigenvalue weighted by atomic mass is 10.2. The van der Waals surface area contributed by atoms with Gasteiger partial charge in [-0.15, -0.1) is 0 Å². The van der Waals surface area contributed by atoms with E-state index in [0.717, 1.165) is 4.70 Å². The molecule has 0 aliphatic heterocycles. The molecule has 0 bridgehead atoms. The minimum absolute atomic E-state index is 0.0818. The van der Waals surface area contributed by atoms with Gasteiger partial charge in [-0.2, -0.15) is 0 Å². The smallest absolute Gasteiger partial charge is 0.261 e. The first-order valence-electron chi connectivity index (χ1n) is 7.09. The van der Waals surface area contributed by atoms with Crippen LogP contribution in [0.1, 0.15) is 10.4 Å². The van der Waals surface area contributed by atoms with E-state index < -0.39 is 5.91 Å². The summed E-state index contributed by atoms with van der Waals surface area (Å²) in [6.45, 7) is 0. The number of nitrogens with zero attached hydrogens (tertiary/aromatic N) is 1. The Balaban J connectivity index is 1.76. The Labute approximate surface area is 173 Å². The highest BCUT2D eigenvalue weighted by molar-refractivity contribution is 7.80. The maximum absolute atomic E-state index is 12.4. The standard InChI is InChI=1S/C16H10Cl3N3O2S2/c1-24-10-4-2-7(17)6-8(10)14(23)21-15(25)22-16-20-13-11(26-16)5-3-9(18)12(13)19/h2-6H,1H3,(H2,20,21,22,23,25). The SMILES string of the molecule is COc1ccc(Cl)cc1C(=O)NC(=S)Nc1nc2c(Cl)c(Cl)ccc2s1. The second-order valence-corrected chi connectivity index (χ2v) is 7.64. The molecule has 0 aliphatic rings. The minimum atomic E-state index is -0.455. The van der Waals surface area contributed by atoms with Crippen LogP contribution in [0.25, 0.3) is 10.2 Å². The molecule has 0 saturated heterocycles. The van der Waals surface area contributed by atoms with Gasteiger partial charge in [-0.25, -0.2) is 4.98 Å². The van der Waals surface area contributed by atoms with Gasteiger partial charge in [0.15, 0.2) is 10.2 Å². The van der Waals surface area contributed by atoms with Crippen molar-refractivity contribution >= 4 is 84.7 Å². The second kappa shape index (κ2) is 7.94. The van der Waals surface area contributed by atoms with Gasteiger partial charge in [-0.05, 0) is 42.5 Å². The Hall–Kier alpha value is -1.64. The van der Waals surface area contributed by atoms with E-state index in [2.05, 4.69) is 15.6 Å². The number of ether oxygens (including phenoxy) is 1. The molecule has 0 aliphatic carbocycles. The number of methoxy groups -OCH3 is 1. The highest BCUT2D eigenvalue weighted by atomic mass is 35.5. The van der Waals surface area contributed by atoms with Crippen molar-refractivity contribution in [1.82, 2.24) is 10.3 Å². The highest BCUT2D eigenvalue weighted by Gasteiger charge is 2.16. The van der Waals surface area contributed by atoms with Crippen molar-refractivity contribution < 1.29 is 9.53 Å². The molecule has 0 saturated carbocycles. The number of hydrogen-bond acceptors (Lipinski definition) is 5. The molecule has 0 fully saturated rings. The van der Waals surface area contributed by atoms with Crippen molar-refractivity contribution in [2.75, 3.05) is 12.4 Å². The second-order valence-electron chi connectivity index (χ2n) is 4.98. The molecule has 0 spiro atoms. The monoisotopic (exact) mass is 445 g/mol. The highest BCUT2D eigenvalue weighted by Crippen LogP contribution is 2.35. The topological polar surface area (TPSA) is 63.2 Å². The summed E-state index contributed by atoms with van der Waals surface area (Å²) in [5, 5.41) is 7.18. The predicted molar refractivity (Wildman–Crippen MR) is 111 cm³/mol. The number of benzene rings is 2. The number of aromatic nitrogens is 1. The molecule has 3 aromatic rings. The molecule has 1 heterocycles.